The Morgan fingerprint density at radius 3 is 2.57 bits per heavy atom. The topological polar surface area (TPSA) is 64.5 Å². The lowest BCUT2D eigenvalue weighted by molar-refractivity contribution is 0.518. The van der Waals surface area contributed by atoms with Gasteiger partial charge in [0.1, 0.15) is 0 Å². The van der Waals surface area contributed by atoms with E-state index in [1.54, 1.807) is 29.2 Å². The number of hydrogen-bond donors (Lipinski definition) is 2. The number of nitrogens with two attached hydrogens (primary N) is 2. The Kier molecular flexibility index (Phi) is 3.57. The molecule has 0 bridgehead atoms. The van der Waals surface area contributed by atoms with Gasteiger partial charge in [-0.2, -0.15) is 0 Å². The zero-order chi connectivity index (χ0) is 15.1. The SMILES string of the molecule is Nc1ccc(N2Cc3cc(Cl)cc(Cl)c3OC2=S)cc1N. The van der Waals surface area contributed by atoms with E-state index in [-0.39, 0.29) is 0 Å². The maximum atomic E-state index is 6.13. The Labute approximate surface area is 137 Å². The number of nitrogen functional groups attached to an aromatic ring is 2. The van der Waals surface area contributed by atoms with E-state index in [4.69, 9.17) is 51.6 Å². The normalized spacial score (nSPS) is 13.8. The number of hydrogen-bond acceptors (Lipinski definition) is 4. The van der Waals surface area contributed by atoms with Crippen LogP contribution in [0.2, 0.25) is 10.0 Å². The summed E-state index contributed by atoms with van der Waals surface area (Å²) in [5.74, 6) is 0.547. The molecule has 1 heterocycles. The van der Waals surface area contributed by atoms with Crippen LogP contribution in [-0.2, 0) is 6.54 Å². The van der Waals surface area contributed by atoms with Crippen LogP contribution < -0.4 is 21.1 Å². The second-order valence-electron chi connectivity index (χ2n) is 4.64. The maximum Gasteiger partial charge on any atom is 0.269 e. The lowest BCUT2D eigenvalue weighted by Gasteiger charge is -2.31. The number of nitrogens with zero attached hydrogens (tertiary/aromatic N) is 1. The van der Waals surface area contributed by atoms with E-state index >= 15 is 0 Å². The van der Waals surface area contributed by atoms with Crippen LogP contribution in [0.4, 0.5) is 17.1 Å². The summed E-state index contributed by atoms with van der Waals surface area (Å²) in [6.07, 6.45) is 0. The summed E-state index contributed by atoms with van der Waals surface area (Å²) in [7, 11) is 0. The average molecular weight is 340 g/mol. The maximum absolute atomic E-state index is 6.13. The quantitative estimate of drug-likeness (QED) is 0.610. The van der Waals surface area contributed by atoms with Crippen LogP contribution in [0.3, 0.4) is 0 Å². The van der Waals surface area contributed by atoms with E-state index in [2.05, 4.69) is 0 Å². The van der Waals surface area contributed by atoms with Crippen molar-refractivity contribution in [1.82, 2.24) is 0 Å². The number of benzene rings is 2. The smallest absolute Gasteiger partial charge is 0.269 e. The van der Waals surface area contributed by atoms with Gasteiger partial charge in [-0.15, -0.1) is 0 Å². The van der Waals surface area contributed by atoms with Crippen LogP contribution in [0.5, 0.6) is 5.75 Å². The standard InChI is InChI=1S/C14H11Cl2N3OS/c15-8-3-7-6-19(9-1-2-11(17)12(18)5-9)14(21)20-13(7)10(16)4-8/h1-5H,6,17-18H2. The van der Waals surface area contributed by atoms with Gasteiger partial charge in [-0.05, 0) is 42.5 Å². The van der Waals surface area contributed by atoms with Gasteiger partial charge < -0.3 is 16.2 Å². The highest BCUT2D eigenvalue weighted by atomic mass is 35.5. The lowest BCUT2D eigenvalue weighted by atomic mass is 10.1. The van der Waals surface area contributed by atoms with Gasteiger partial charge in [0.05, 0.1) is 22.9 Å². The fourth-order valence-electron chi connectivity index (χ4n) is 2.15. The molecule has 0 amide bonds. The molecule has 4 N–H and O–H groups in total. The number of anilines is 3. The summed E-state index contributed by atoms with van der Waals surface area (Å²) in [5, 5.41) is 1.29. The molecule has 0 atom stereocenters. The molecular weight excluding hydrogens is 329 g/mol. The van der Waals surface area contributed by atoms with E-state index in [0.29, 0.717) is 38.9 Å². The van der Waals surface area contributed by atoms with Crippen molar-refractivity contribution in [2.24, 2.45) is 0 Å². The molecule has 0 saturated heterocycles. The van der Waals surface area contributed by atoms with Crippen molar-refractivity contribution in [2.75, 3.05) is 16.4 Å². The van der Waals surface area contributed by atoms with Crippen LogP contribution in [0.15, 0.2) is 30.3 Å². The van der Waals surface area contributed by atoms with Gasteiger partial charge >= 0.3 is 0 Å². The van der Waals surface area contributed by atoms with E-state index in [1.807, 2.05) is 6.07 Å². The molecule has 108 valence electrons. The highest BCUT2D eigenvalue weighted by Gasteiger charge is 2.26. The fraction of sp³-hybridized carbons (Fsp3) is 0.0714. The first-order chi connectivity index (χ1) is 9.95. The van der Waals surface area contributed by atoms with Crippen molar-refractivity contribution in [3.63, 3.8) is 0 Å². The molecule has 21 heavy (non-hydrogen) atoms. The molecule has 0 aromatic heterocycles. The second kappa shape index (κ2) is 5.26. The zero-order valence-electron chi connectivity index (χ0n) is 10.8. The van der Waals surface area contributed by atoms with Gasteiger partial charge in [0.25, 0.3) is 5.17 Å². The molecule has 0 fully saturated rings. The third-order valence-corrected chi connectivity index (χ3v) is 4.01. The first kappa shape index (κ1) is 14.3. The summed E-state index contributed by atoms with van der Waals surface area (Å²) in [4.78, 5) is 1.81. The van der Waals surface area contributed by atoms with E-state index < -0.39 is 0 Å². The third kappa shape index (κ3) is 2.60. The Morgan fingerprint density at radius 1 is 1.10 bits per heavy atom. The van der Waals surface area contributed by atoms with Crippen molar-refractivity contribution in [1.29, 1.82) is 0 Å². The Bertz CT molecular complexity index is 751. The third-order valence-electron chi connectivity index (χ3n) is 3.21. The zero-order valence-corrected chi connectivity index (χ0v) is 13.1. The van der Waals surface area contributed by atoms with Crippen LogP contribution in [0, 0.1) is 0 Å². The number of fused-ring (bicyclic) bond motifs is 1. The molecule has 2 aromatic carbocycles. The largest absolute Gasteiger partial charge is 0.430 e. The van der Waals surface area contributed by atoms with Crippen LogP contribution >= 0.6 is 35.4 Å². The second-order valence-corrected chi connectivity index (χ2v) is 5.84. The van der Waals surface area contributed by atoms with Crippen molar-refractivity contribution in [2.45, 2.75) is 6.54 Å². The Balaban J connectivity index is 2.02. The molecule has 0 aliphatic carbocycles. The highest BCUT2D eigenvalue weighted by Crippen LogP contribution is 2.38. The molecule has 1 aliphatic heterocycles. The fourth-order valence-corrected chi connectivity index (χ4v) is 2.98. The molecule has 0 saturated carbocycles. The number of ether oxygens (including phenoxy) is 1. The molecule has 0 radical (unpaired) electrons. The first-order valence-electron chi connectivity index (χ1n) is 6.08. The molecule has 3 rings (SSSR count). The van der Waals surface area contributed by atoms with Crippen LogP contribution in [0.1, 0.15) is 5.56 Å². The van der Waals surface area contributed by atoms with Crippen LogP contribution in [0.25, 0.3) is 0 Å². The number of halogens is 2. The van der Waals surface area contributed by atoms with Crippen molar-refractivity contribution in [3.8, 4) is 5.75 Å². The van der Waals surface area contributed by atoms with E-state index in [9.17, 15) is 0 Å². The Hall–Kier alpha value is -1.69. The average Bonchev–Trinajstić information content (AvgIpc) is 2.42. The predicted molar refractivity (Wildman–Crippen MR) is 91.1 cm³/mol. The first-order valence-corrected chi connectivity index (χ1v) is 7.24. The minimum atomic E-state index is 0.302. The van der Waals surface area contributed by atoms with Crippen molar-refractivity contribution < 1.29 is 4.74 Å². The van der Waals surface area contributed by atoms with Crippen molar-refractivity contribution in [3.05, 3.63) is 45.9 Å². The van der Waals surface area contributed by atoms with Gasteiger partial charge in [-0.25, -0.2) is 0 Å². The van der Waals surface area contributed by atoms with Crippen LogP contribution in [-0.4, -0.2) is 5.17 Å². The Morgan fingerprint density at radius 2 is 1.86 bits per heavy atom. The van der Waals surface area contributed by atoms with Gasteiger partial charge in [-0.3, -0.25) is 4.90 Å². The van der Waals surface area contributed by atoms with Gasteiger partial charge in [0.15, 0.2) is 5.75 Å². The number of thiocarbonyl (C=S) groups is 1. The lowest BCUT2D eigenvalue weighted by Crippen LogP contribution is -2.37. The number of rotatable bonds is 1. The predicted octanol–water partition coefficient (Wildman–Crippen LogP) is 3.84. The van der Waals surface area contributed by atoms with Gasteiger partial charge in [-0.1, -0.05) is 23.2 Å². The molecule has 0 unspecified atom stereocenters. The molecule has 4 nitrogen and oxygen atoms in total. The van der Waals surface area contributed by atoms with Gasteiger partial charge in [0.2, 0.25) is 0 Å². The van der Waals surface area contributed by atoms with Gasteiger partial charge in [0, 0.05) is 16.3 Å². The van der Waals surface area contributed by atoms with E-state index in [0.717, 1.165) is 11.3 Å². The summed E-state index contributed by atoms with van der Waals surface area (Å²) in [5.41, 5.74) is 14.2. The molecule has 7 heteroatoms. The molecular formula is C14H11Cl2N3OS. The van der Waals surface area contributed by atoms with E-state index in [1.165, 1.54) is 0 Å². The molecule has 2 aromatic rings. The summed E-state index contributed by atoms with van der Waals surface area (Å²) >= 11 is 17.5. The summed E-state index contributed by atoms with van der Waals surface area (Å²) in [6.45, 7) is 0.498. The van der Waals surface area contributed by atoms with Crippen molar-refractivity contribution >= 4 is 57.7 Å². The molecule has 0 spiro atoms. The highest BCUT2D eigenvalue weighted by molar-refractivity contribution is 7.80. The minimum Gasteiger partial charge on any atom is -0.430 e. The summed E-state index contributed by atoms with van der Waals surface area (Å²) in [6, 6.07) is 8.74. The summed E-state index contributed by atoms with van der Waals surface area (Å²) < 4.78 is 5.65. The monoisotopic (exact) mass is 339 g/mol. The minimum absolute atomic E-state index is 0.302. The molecule has 1 aliphatic rings.